The predicted molar refractivity (Wildman–Crippen MR) is 68.4 cm³/mol. The number of hydrogen-bond donors (Lipinski definition) is 2. The maximum absolute atomic E-state index is 11.9. The fraction of sp³-hybridized carbons (Fsp3) is 0.786. The lowest BCUT2D eigenvalue weighted by atomic mass is 9.77. The smallest absolute Gasteiger partial charge is 0.237 e. The van der Waals surface area contributed by atoms with Gasteiger partial charge in [0.2, 0.25) is 5.91 Å². The Morgan fingerprint density at radius 2 is 2.12 bits per heavy atom. The predicted octanol–water partition coefficient (Wildman–Crippen LogP) is 1.44. The van der Waals surface area contributed by atoms with Gasteiger partial charge < -0.3 is 10.6 Å². The first-order chi connectivity index (χ1) is 8.31. The van der Waals surface area contributed by atoms with Gasteiger partial charge in [0.15, 0.2) is 0 Å². The van der Waals surface area contributed by atoms with Gasteiger partial charge in [0.1, 0.15) is 0 Å². The fourth-order valence-electron chi connectivity index (χ4n) is 3.04. The molecule has 0 spiro atoms. The molecule has 1 aliphatic heterocycles. The lowest BCUT2D eigenvalue weighted by molar-refractivity contribution is -0.124. The van der Waals surface area contributed by atoms with Gasteiger partial charge in [-0.3, -0.25) is 4.79 Å². The van der Waals surface area contributed by atoms with Crippen LogP contribution < -0.4 is 10.6 Å². The van der Waals surface area contributed by atoms with E-state index >= 15 is 0 Å². The number of amides is 1. The molecule has 1 saturated heterocycles. The third kappa shape index (κ3) is 3.23. The Bertz CT molecular complexity index is 329. The summed E-state index contributed by atoms with van der Waals surface area (Å²) in [7, 11) is 0. The summed E-state index contributed by atoms with van der Waals surface area (Å²) in [5.41, 5.74) is 0. The minimum atomic E-state index is 0.00741. The number of fused-ring (bicyclic) bond motifs is 1. The Hall–Kier alpha value is -1.01. The first kappa shape index (κ1) is 12.4. The number of piperidine rings is 1. The van der Waals surface area contributed by atoms with Crippen molar-refractivity contribution in [3.8, 4) is 11.8 Å². The Balaban J connectivity index is 1.81. The van der Waals surface area contributed by atoms with E-state index in [0.717, 1.165) is 12.3 Å². The highest BCUT2D eigenvalue weighted by atomic mass is 16.2. The highest BCUT2D eigenvalue weighted by Crippen LogP contribution is 2.32. The van der Waals surface area contributed by atoms with Gasteiger partial charge in [-0.1, -0.05) is 18.8 Å². The summed E-state index contributed by atoms with van der Waals surface area (Å²) in [5, 5.41) is 6.40. The topological polar surface area (TPSA) is 41.1 Å². The van der Waals surface area contributed by atoms with Gasteiger partial charge in [-0.05, 0) is 38.5 Å². The van der Waals surface area contributed by atoms with Crippen LogP contribution in [0.15, 0.2) is 0 Å². The second-order valence-electron chi connectivity index (χ2n) is 5.09. The average molecular weight is 234 g/mol. The number of nitrogens with one attached hydrogen (secondary N) is 2. The summed E-state index contributed by atoms with van der Waals surface area (Å²) in [4.78, 5) is 11.9. The number of carbonyl (C=O) groups is 1. The van der Waals surface area contributed by atoms with Crippen LogP contribution in [-0.4, -0.2) is 24.5 Å². The van der Waals surface area contributed by atoms with Crippen LogP contribution in [0, 0.1) is 17.8 Å². The van der Waals surface area contributed by atoms with Crippen molar-refractivity contribution in [1.82, 2.24) is 10.6 Å². The summed E-state index contributed by atoms with van der Waals surface area (Å²) in [6.45, 7) is 2.26. The molecule has 0 aromatic carbocycles. The van der Waals surface area contributed by atoms with Crippen molar-refractivity contribution in [2.45, 2.75) is 57.5 Å². The van der Waals surface area contributed by atoms with Crippen LogP contribution >= 0.6 is 0 Å². The van der Waals surface area contributed by atoms with E-state index in [1.54, 1.807) is 6.92 Å². The SMILES string of the molecule is CC#CCNC(=O)C1CCC2CCCCC2N1. The van der Waals surface area contributed by atoms with Gasteiger partial charge >= 0.3 is 0 Å². The van der Waals surface area contributed by atoms with Gasteiger partial charge in [-0.25, -0.2) is 0 Å². The first-order valence-corrected chi connectivity index (χ1v) is 6.74. The molecule has 1 aliphatic carbocycles. The van der Waals surface area contributed by atoms with Gasteiger partial charge in [0, 0.05) is 6.04 Å². The summed E-state index contributed by atoms with van der Waals surface area (Å²) < 4.78 is 0. The maximum atomic E-state index is 11.9. The molecule has 0 aromatic rings. The second kappa shape index (κ2) is 6.07. The van der Waals surface area contributed by atoms with Crippen molar-refractivity contribution < 1.29 is 4.79 Å². The third-order valence-corrected chi connectivity index (χ3v) is 3.99. The van der Waals surface area contributed by atoms with Crippen molar-refractivity contribution in [2.75, 3.05) is 6.54 Å². The molecule has 94 valence electrons. The lowest BCUT2D eigenvalue weighted by Gasteiger charge is -2.39. The Labute approximate surface area is 104 Å². The van der Waals surface area contributed by atoms with Crippen LogP contribution in [0.1, 0.15) is 45.4 Å². The largest absolute Gasteiger partial charge is 0.344 e. The summed E-state index contributed by atoms with van der Waals surface area (Å²) >= 11 is 0. The monoisotopic (exact) mass is 234 g/mol. The fourth-order valence-corrected chi connectivity index (χ4v) is 3.04. The molecular formula is C14H22N2O. The molecule has 0 radical (unpaired) electrons. The van der Waals surface area contributed by atoms with Crippen molar-refractivity contribution in [2.24, 2.45) is 5.92 Å². The summed E-state index contributed by atoms with van der Waals surface area (Å²) in [5.74, 6) is 6.58. The van der Waals surface area contributed by atoms with Gasteiger partial charge in [-0.2, -0.15) is 0 Å². The normalized spacial score (nSPS) is 31.9. The second-order valence-corrected chi connectivity index (χ2v) is 5.09. The van der Waals surface area contributed by atoms with Crippen LogP contribution in [-0.2, 0) is 4.79 Å². The Morgan fingerprint density at radius 1 is 1.29 bits per heavy atom. The maximum Gasteiger partial charge on any atom is 0.237 e. The molecule has 1 saturated carbocycles. The number of rotatable bonds is 2. The third-order valence-electron chi connectivity index (χ3n) is 3.99. The molecule has 17 heavy (non-hydrogen) atoms. The highest BCUT2D eigenvalue weighted by Gasteiger charge is 2.34. The molecule has 3 atom stereocenters. The molecule has 0 bridgehead atoms. The minimum Gasteiger partial charge on any atom is -0.344 e. The van der Waals surface area contributed by atoms with Crippen LogP contribution in [0.5, 0.6) is 0 Å². The van der Waals surface area contributed by atoms with Gasteiger partial charge in [0.25, 0.3) is 0 Å². The Morgan fingerprint density at radius 3 is 2.94 bits per heavy atom. The molecule has 3 unspecified atom stereocenters. The number of hydrogen-bond acceptors (Lipinski definition) is 2. The van der Waals surface area contributed by atoms with E-state index in [4.69, 9.17) is 0 Å². The molecule has 3 nitrogen and oxygen atoms in total. The van der Waals surface area contributed by atoms with Crippen LogP contribution in [0.2, 0.25) is 0 Å². The molecule has 1 amide bonds. The molecule has 3 heteroatoms. The average Bonchev–Trinajstić information content (AvgIpc) is 2.38. The zero-order valence-electron chi connectivity index (χ0n) is 10.6. The van der Waals surface area contributed by atoms with Crippen molar-refractivity contribution in [1.29, 1.82) is 0 Å². The van der Waals surface area contributed by atoms with E-state index in [0.29, 0.717) is 12.6 Å². The van der Waals surface area contributed by atoms with Gasteiger partial charge in [0.05, 0.1) is 12.6 Å². The molecule has 2 rings (SSSR count). The first-order valence-electron chi connectivity index (χ1n) is 6.74. The summed E-state index contributed by atoms with van der Waals surface area (Å²) in [6, 6.07) is 0.582. The Kier molecular flexibility index (Phi) is 4.44. The van der Waals surface area contributed by atoms with Crippen molar-refractivity contribution in [3.63, 3.8) is 0 Å². The van der Waals surface area contributed by atoms with Crippen molar-refractivity contribution >= 4 is 5.91 Å². The van der Waals surface area contributed by atoms with E-state index in [1.807, 2.05) is 0 Å². The lowest BCUT2D eigenvalue weighted by Crippen LogP contribution is -2.54. The van der Waals surface area contributed by atoms with Crippen LogP contribution in [0.3, 0.4) is 0 Å². The standard InChI is InChI=1S/C14H22N2O/c1-2-3-10-15-14(17)13-9-8-11-6-4-5-7-12(11)16-13/h11-13,16H,4-10H2,1H3,(H,15,17). The molecule has 0 aromatic heterocycles. The molecule has 2 fully saturated rings. The zero-order chi connectivity index (χ0) is 12.1. The molecular weight excluding hydrogens is 212 g/mol. The molecule has 2 aliphatic rings. The van der Waals surface area contributed by atoms with E-state index in [2.05, 4.69) is 22.5 Å². The summed E-state index contributed by atoms with van der Waals surface area (Å²) in [6.07, 6.45) is 7.44. The van der Waals surface area contributed by atoms with Crippen LogP contribution in [0.4, 0.5) is 0 Å². The van der Waals surface area contributed by atoms with Crippen molar-refractivity contribution in [3.05, 3.63) is 0 Å². The number of carbonyl (C=O) groups excluding carboxylic acids is 1. The molecule has 2 N–H and O–H groups in total. The minimum absolute atomic E-state index is 0.00741. The quantitative estimate of drug-likeness (QED) is 0.710. The zero-order valence-corrected chi connectivity index (χ0v) is 10.6. The van der Waals surface area contributed by atoms with E-state index in [-0.39, 0.29) is 11.9 Å². The van der Waals surface area contributed by atoms with E-state index in [9.17, 15) is 4.79 Å². The van der Waals surface area contributed by atoms with Crippen LogP contribution in [0.25, 0.3) is 0 Å². The van der Waals surface area contributed by atoms with E-state index in [1.165, 1.54) is 32.1 Å². The van der Waals surface area contributed by atoms with Gasteiger partial charge in [-0.15, -0.1) is 5.92 Å². The highest BCUT2D eigenvalue weighted by molar-refractivity contribution is 5.82. The molecule has 1 heterocycles. The van der Waals surface area contributed by atoms with E-state index < -0.39 is 0 Å².